The van der Waals surface area contributed by atoms with Gasteiger partial charge < -0.3 is 9.64 Å². The predicted molar refractivity (Wildman–Crippen MR) is 73.6 cm³/mol. The summed E-state index contributed by atoms with van der Waals surface area (Å²) in [5.41, 5.74) is 2.02. The van der Waals surface area contributed by atoms with Crippen molar-refractivity contribution in [2.24, 2.45) is 7.05 Å². The maximum absolute atomic E-state index is 12.6. The fourth-order valence-corrected chi connectivity index (χ4v) is 2.47. The Morgan fingerprint density at radius 2 is 2.20 bits per heavy atom. The summed E-state index contributed by atoms with van der Waals surface area (Å²) in [4.78, 5) is 18.3. The lowest BCUT2D eigenvalue weighted by Gasteiger charge is -2.33. The fraction of sp³-hybridized carbons (Fsp3) is 0.357. The molecular formula is C14H16N4O2. The van der Waals surface area contributed by atoms with E-state index in [0.717, 1.165) is 17.7 Å². The first-order chi connectivity index (χ1) is 9.69. The van der Waals surface area contributed by atoms with E-state index in [4.69, 9.17) is 4.74 Å². The van der Waals surface area contributed by atoms with E-state index < -0.39 is 0 Å². The average Bonchev–Trinajstić information content (AvgIpc) is 2.92. The van der Waals surface area contributed by atoms with Crippen molar-refractivity contribution >= 4 is 11.6 Å². The number of carbonyl (C=O) groups excluding carboxylic acids is 1. The number of nitrogens with zero attached hydrogens (tertiary/aromatic N) is 4. The van der Waals surface area contributed by atoms with Gasteiger partial charge in [0.05, 0.1) is 12.6 Å². The molecule has 1 aromatic heterocycles. The molecule has 2 aromatic rings. The minimum atomic E-state index is -0.195. The van der Waals surface area contributed by atoms with Crippen LogP contribution in [0.2, 0.25) is 0 Å². The zero-order valence-electron chi connectivity index (χ0n) is 11.5. The number of hydrogen-bond donors (Lipinski definition) is 0. The van der Waals surface area contributed by atoms with Crippen molar-refractivity contribution in [1.82, 2.24) is 14.8 Å². The van der Waals surface area contributed by atoms with Gasteiger partial charge in [-0.05, 0) is 11.6 Å². The Morgan fingerprint density at radius 3 is 2.90 bits per heavy atom. The van der Waals surface area contributed by atoms with Gasteiger partial charge in [-0.1, -0.05) is 18.2 Å². The van der Waals surface area contributed by atoms with Crippen LogP contribution in [0.25, 0.3) is 0 Å². The van der Waals surface area contributed by atoms with Crippen LogP contribution in [0.3, 0.4) is 0 Å². The summed E-state index contributed by atoms with van der Waals surface area (Å²) in [5.74, 6) is 0.0128. The summed E-state index contributed by atoms with van der Waals surface area (Å²) in [6.45, 7) is 0.518. The summed E-state index contributed by atoms with van der Waals surface area (Å²) in [5, 5.41) is 4.08. The summed E-state index contributed by atoms with van der Waals surface area (Å²) in [7, 11) is 3.41. The Balaban J connectivity index is 1.98. The maximum Gasteiger partial charge on any atom is 0.298 e. The Hall–Kier alpha value is -2.21. The van der Waals surface area contributed by atoms with Crippen LogP contribution >= 0.6 is 0 Å². The molecule has 1 aromatic carbocycles. The lowest BCUT2D eigenvalue weighted by molar-refractivity contribution is 0.0863. The van der Waals surface area contributed by atoms with E-state index in [1.807, 2.05) is 24.3 Å². The fourth-order valence-electron chi connectivity index (χ4n) is 2.47. The highest BCUT2D eigenvalue weighted by Crippen LogP contribution is 2.28. The molecule has 0 saturated heterocycles. The van der Waals surface area contributed by atoms with Crippen LogP contribution in [0.1, 0.15) is 16.2 Å². The molecule has 0 bridgehead atoms. The van der Waals surface area contributed by atoms with E-state index in [2.05, 4.69) is 10.1 Å². The third-order valence-corrected chi connectivity index (χ3v) is 3.49. The highest BCUT2D eigenvalue weighted by molar-refractivity contribution is 6.04. The Bertz CT molecular complexity index is 638. The number of fused-ring (bicyclic) bond motifs is 1. The third-order valence-electron chi connectivity index (χ3n) is 3.49. The first kappa shape index (κ1) is 12.8. The van der Waals surface area contributed by atoms with E-state index in [1.54, 1.807) is 19.1 Å². The SMILES string of the molecule is COC1Cc2ccccc2N(C(=O)c2ncn(C)n2)C1. The topological polar surface area (TPSA) is 60.2 Å². The molecule has 0 saturated carbocycles. The smallest absolute Gasteiger partial charge is 0.298 e. The molecule has 0 N–H and O–H groups in total. The van der Waals surface area contributed by atoms with Crippen LogP contribution in [0.5, 0.6) is 0 Å². The maximum atomic E-state index is 12.6. The number of benzene rings is 1. The molecule has 0 fully saturated rings. The molecule has 3 rings (SSSR count). The number of hydrogen-bond acceptors (Lipinski definition) is 4. The van der Waals surface area contributed by atoms with Crippen molar-refractivity contribution in [3.05, 3.63) is 42.0 Å². The summed E-state index contributed by atoms with van der Waals surface area (Å²) < 4.78 is 6.95. The minimum Gasteiger partial charge on any atom is -0.379 e. The molecule has 6 heteroatoms. The van der Waals surface area contributed by atoms with Gasteiger partial charge in [-0.3, -0.25) is 9.48 Å². The highest BCUT2D eigenvalue weighted by Gasteiger charge is 2.30. The van der Waals surface area contributed by atoms with E-state index in [0.29, 0.717) is 6.54 Å². The molecule has 0 aliphatic carbocycles. The zero-order valence-corrected chi connectivity index (χ0v) is 11.5. The van der Waals surface area contributed by atoms with Gasteiger partial charge in [-0.25, -0.2) is 4.98 Å². The molecule has 20 heavy (non-hydrogen) atoms. The number of aromatic nitrogens is 3. The van der Waals surface area contributed by atoms with E-state index in [1.165, 1.54) is 11.0 Å². The molecule has 2 heterocycles. The van der Waals surface area contributed by atoms with Gasteiger partial charge >= 0.3 is 0 Å². The number of aryl methyl sites for hydroxylation is 1. The standard InChI is InChI=1S/C14H16N4O2/c1-17-9-15-13(16-17)14(19)18-8-11(20-2)7-10-5-3-4-6-12(10)18/h3-6,9,11H,7-8H2,1-2H3. The van der Waals surface area contributed by atoms with Crippen LogP contribution in [-0.4, -0.2) is 40.4 Å². The molecule has 1 aliphatic rings. The quantitative estimate of drug-likeness (QED) is 0.819. The van der Waals surface area contributed by atoms with Crippen molar-refractivity contribution < 1.29 is 9.53 Å². The Labute approximate surface area is 117 Å². The number of anilines is 1. The van der Waals surface area contributed by atoms with E-state index in [-0.39, 0.29) is 17.8 Å². The Kier molecular flexibility index (Phi) is 3.23. The minimum absolute atomic E-state index is 0.00226. The van der Waals surface area contributed by atoms with E-state index >= 15 is 0 Å². The molecule has 1 amide bonds. The monoisotopic (exact) mass is 272 g/mol. The normalized spacial score (nSPS) is 17.9. The van der Waals surface area contributed by atoms with Crippen LogP contribution in [0, 0.1) is 0 Å². The molecule has 1 unspecified atom stereocenters. The lowest BCUT2D eigenvalue weighted by Crippen LogP contribution is -2.43. The van der Waals surface area contributed by atoms with Crippen LogP contribution < -0.4 is 4.90 Å². The molecule has 104 valence electrons. The molecule has 6 nitrogen and oxygen atoms in total. The van der Waals surface area contributed by atoms with Crippen molar-refractivity contribution in [1.29, 1.82) is 0 Å². The van der Waals surface area contributed by atoms with Gasteiger partial charge in [-0.15, -0.1) is 5.10 Å². The van der Waals surface area contributed by atoms with Crippen molar-refractivity contribution in [3.63, 3.8) is 0 Å². The van der Waals surface area contributed by atoms with E-state index in [9.17, 15) is 4.79 Å². The van der Waals surface area contributed by atoms with Gasteiger partial charge in [0.15, 0.2) is 0 Å². The predicted octanol–water partition coefficient (Wildman–Crippen LogP) is 1.03. The number of para-hydroxylation sites is 1. The van der Waals surface area contributed by atoms with Gasteiger partial charge in [0.2, 0.25) is 5.82 Å². The Morgan fingerprint density at radius 1 is 1.40 bits per heavy atom. The molecule has 1 atom stereocenters. The molecular weight excluding hydrogens is 256 g/mol. The number of carbonyl (C=O) groups is 1. The number of rotatable bonds is 2. The zero-order chi connectivity index (χ0) is 14.1. The van der Waals surface area contributed by atoms with Crippen LogP contribution in [0.4, 0.5) is 5.69 Å². The van der Waals surface area contributed by atoms with Crippen molar-refractivity contribution in [2.45, 2.75) is 12.5 Å². The van der Waals surface area contributed by atoms with Crippen molar-refractivity contribution in [2.75, 3.05) is 18.6 Å². The number of ether oxygens (including phenoxy) is 1. The van der Waals surface area contributed by atoms with Crippen LogP contribution in [0.15, 0.2) is 30.6 Å². The summed E-state index contributed by atoms with van der Waals surface area (Å²) >= 11 is 0. The second-order valence-corrected chi connectivity index (χ2v) is 4.85. The summed E-state index contributed by atoms with van der Waals surface area (Å²) in [6.07, 6.45) is 2.33. The van der Waals surface area contributed by atoms with Gasteiger partial charge in [0.1, 0.15) is 6.33 Å². The van der Waals surface area contributed by atoms with Gasteiger partial charge in [0.25, 0.3) is 5.91 Å². The molecule has 1 aliphatic heterocycles. The van der Waals surface area contributed by atoms with Crippen molar-refractivity contribution in [3.8, 4) is 0 Å². The second kappa shape index (κ2) is 5.05. The van der Waals surface area contributed by atoms with Gasteiger partial charge in [-0.2, -0.15) is 0 Å². The molecule has 0 spiro atoms. The average molecular weight is 272 g/mol. The van der Waals surface area contributed by atoms with Crippen LogP contribution in [-0.2, 0) is 18.2 Å². The third kappa shape index (κ3) is 2.18. The second-order valence-electron chi connectivity index (χ2n) is 4.85. The molecule has 0 radical (unpaired) electrons. The van der Waals surface area contributed by atoms with Gasteiger partial charge in [0, 0.05) is 26.3 Å². The largest absolute Gasteiger partial charge is 0.379 e. The first-order valence-electron chi connectivity index (χ1n) is 6.47. The number of amides is 1. The number of methoxy groups -OCH3 is 1. The lowest BCUT2D eigenvalue weighted by atomic mass is 9.99. The first-order valence-corrected chi connectivity index (χ1v) is 6.47. The highest BCUT2D eigenvalue weighted by atomic mass is 16.5. The summed E-state index contributed by atoms with van der Waals surface area (Å²) in [6, 6.07) is 7.87.